The van der Waals surface area contributed by atoms with Crippen molar-refractivity contribution in [3.63, 3.8) is 0 Å². The molecule has 118 valence electrons. The highest BCUT2D eigenvalue weighted by Crippen LogP contribution is 2.47. The minimum absolute atomic E-state index is 0.300. The van der Waals surface area contributed by atoms with Crippen LogP contribution in [0.1, 0.15) is 48.4 Å². The number of nitrogens with zero attached hydrogens (tertiary/aromatic N) is 3. The molecule has 2 unspecified atom stereocenters. The smallest absolute Gasteiger partial charge is 0.142 e. The fraction of sp³-hybridized carbons (Fsp3) is 0.444. The van der Waals surface area contributed by atoms with E-state index in [0.717, 1.165) is 54.0 Å². The van der Waals surface area contributed by atoms with E-state index in [1.165, 1.54) is 0 Å². The number of rotatable bonds is 2. The molecule has 0 aliphatic carbocycles. The molecular weight excluding hydrogens is 288 g/mol. The van der Waals surface area contributed by atoms with Gasteiger partial charge < -0.3 is 10.2 Å². The highest BCUT2D eigenvalue weighted by molar-refractivity contribution is 5.77. The zero-order valence-corrected chi connectivity index (χ0v) is 13.5. The topological polar surface area (TPSA) is 79.1 Å². The van der Waals surface area contributed by atoms with Crippen molar-refractivity contribution in [1.82, 2.24) is 9.88 Å². The first-order valence-electron chi connectivity index (χ1n) is 8.17. The number of fused-ring (bicyclic) bond motifs is 4. The van der Waals surface area contributed by atoms with Crippen LogP contribution in [0.4, 0.5) is 5.82 Å². The number of anilines is 1. The number of hydrogen-bond donors (Lipinski definition) is 1. The van der Waals surface area contributed by atoms with Gasteiger partial charge >= 0.3 is 0 Å². The van der Waals surface area contributed by atoms with Gasteiger partial charge in [0.1, 0.15) is 29.0 Å². The number of aromatic nitrogens is 1. The normalized spacial score (nSPS) is 22.8. The highest BCUT2D eigenvalue weighted by atomic mass is 16.3. The molecule has 2 N–H and O–H groups in total. The Balaban J connectivity index is 2.00. The Bertz CT molecular complexity index is 817. The van der Waals surface area contributed by atoms with Gasteiger partial charge in [0, 0.05) is 41.7 Å². The Labute approximate surface area is 135 Å². The van der Waals surface area contributed by atoms with Crippen LogP contribution < -0.4 is 5.73 Å². The van der Waals surface area contributed by atoms with Crippen molar-refractivity contribution in [1.29, 1.82) is 5.26 Å². The minimum atomic E-state index is 0.300. The summed E-state index contributed by atoms with van der Waals surface area (Å²) in [6, 6.07) is 7.01. The third kappa shape index (κ3) is 1.98. The molecule has 23 heavy (non-hydrogen) atoms. The van der Waals surface area contributed by atoms with E-state index in [1.54, 1.807) is 0 Å². The second-order valence-electron chi connectivity index (χ2n) is 6.46. The number of hydrogen-bond acceptors (Lipinski definition) is 5. The van der Waals surface area contributed by atoms with Gasteiger partial charge in [-0.1, -0.05) is 6.92 Å². The summed E-state index contributed by atoms with van der Waals surface area (Å²) >= 11 is 0. The molecule has 0 spiro atoms. The fourth-order valence-electron chi connectivity index (χ4n) is 4.08. The van der Waals surface area contributed by atoms with Gasteiger partial charge in [0.25, 0.3) is 0 Å². The molecular formula is C18H20N4O. The zero-order valence-electron chi connectivity index (χ0n) is 13.5. The van der Waals surface area contributed by atoms with Crippen molar-refractivity contribution in [2.45, 2.75) is 44.7 Å². The van der Waals surface area contributed by atoms with Gasteiger partial charge in [0.15, 0.2) is 0 Å². The third-order valence-corrected chi connectivity index (χ3v) is 5.31. The summed E-state index contributed by atoms with van der Waals surface area (Å²) < 4.78 is 5.97. The molecule has 5 heteroatoms. The van der Waals surface area contributed by atoms with Crippen LogP contribution in [-0.2, 0) is 12.8 Å². The zero-order chi connectivity index (χ0) is 16.1. The quantitative estimate of drug-likeness (QED) is 0.922. The molecule has 2 atom stereocenters. The van der Waals surface area contributed by atoms with Crippen LogP contribution in [0.5, 0.6) is 0 Å². The van der Waals surface area contributed by atoms with Gasteiger partial charge in [0.2, 0.25) is 0 Å². The number of furan rings is 1. The Kier molecular flexibility index (Phi) is 3.17. The predicted molar refractivity (Wildman–Crippen MR) is 87.7 cm³/mol. The molecule has 1 fully saturated rings. The van der Waals surface area contributed by atoms with E-state index in [0.29, 0.717) is 23.5 Å². The molecule has 4 rings (SSSR count). The number of nitriles is 1. The predicted octanol–water partition coefficient (Wildman–Crippen LogP) is 3.05. The lowest BCUT2D eigenvalue weighted by Gasteiger charge is -2.34. The third-order valence-electron chi connectivity index (χ3n) is 5.31. The maximum atomic E-state index is 9.64. The van der Waals surface area contributed by atoms with Gasteiger partial charge in [-0.05, 0) is 32.0 Å². The van der Waals surface area contributed by atoms with Gasteiger partial charge in [-0.3, -0.25) is 4.90 Å². The first kappa shape index (κ1) is 14.3. The summed E-state index contributed by atoms with van der Waals surface area (Å²) in [6.07, 6.45) is 3.98. The molecule has 2 aliphatic rings. The van der Waals surface area contributed by atoms with E-state index in [9.17, 15) is 5.26 Å². The van der Waals surface area contributed by atoms with Gasteiger partial charge in [-0.25, -0.2) is 4.98 Å². The Morgan fingerprint density at radius 2 is 2.26 bits per heavy atom. The lowest BCUT2D eigenvalue weighted by molar-refractivity contribution is 0.222. The van der Waals surface area contributed by atoms with E-state index in [2.05, 4.69) is 29.9 Å². The molecule has 0 amide bonds. The highest BCUT2D eigenvalue weighted by Gasteiger charge is 2.41. The van der Waals surface area contributed by atoms with Crippen molar-refractivity contribution >= 4 is 5.82 Å². The van der Waals surface area contributed by atoms with Crippen molar-refractivity contribution in [2.24, 2.45) is 0 Å². The maximum absolute atomic E-state index is 9.64. The van der Waals surface area contributed by atoms with Gasteiger partial charge in [-0.2, -0.15) is 5.26 Å². The average molecular weight is 308 g/mol. The van der Waals surface area contributed by atoms with Crippen LogP contribution in [-0.4, -0.2) is 23.0 Å². The second kappa shape index (κ2) is 5.10. The number of nitrogen functional groups attached to an aromatic ring is 1. The SMILES string of the molecule is CCc1ccc(-c2c(C#N)c(N)nc3c2C2CCC(C3)N2C)o1. The average Bonchev–Trinajstić information content (AvgIpc) is 3.09. The summed E-state index contributed by atoms with van der Waals surface area (Å²) in [5, 5.41) is 9.64. The second-order valence-corrected chi connectivity index (χ2v) is 6.46. The van der Waals surface area contributed by atoms with Crippen molar-refractivity contribution in [3.05, 3.63) is 34.7 Å². The van der Waals surface area contributed by atoms with Crippen molar-refractivity contribution in [3.8, 4) is 17.4 Å². The van der Waals surface area contributed by atoms with E-state index in [4.69, 9.17) is 10.2 Å². The number of nitrogens with two attached hydrogens (primary N) is 1. The largest absolute Gasteiger partial charge is 0.461 e. The summed E-state index contributed by atoms with van der Waals surface area (Å²) in [5.41, 5.74) is 9.57. The molecule has 2 aromatic rings. The van der Waals surface area contributed by atoms with Gasteiger partial charge in [0.05, 0.1) is 0 Å². The van der Waals surface area contributed by atoms with Crippen LogP contribution in [0.3, 0.4) is 0 Å². The minimum Gasteiger partial charge on any atom is -0.461 e. The molecule has 4 heterocycles. The molecule has 0 radical (unpaired) electrons. The summed E-state index contributed by atoms with van der Waals surface area (Å²) in [6.45, 7) is 2.06. The van der Waals surface area contributed by atoms with Crippen LogP contribution >= 0.6 is 0 Å². The Hall–Kier alpha value is -2.32. The molecule has 1 saturated heterocycles. The first-order chi connectivity index (χ1) is 11.1. The Morgan fingerprint density at radius 3 is 2.96 bits per heavy atom. The van der Waals surface area contributed by atoms with Gasteiger partial charge in [-0.15, -0.1) is 0 Å². The number of likely N-dealkylation sites (N-methyl/N-ethyl adjacent to an activating group) is 1. The molecule has 2 bridgehead atoms. The van der Waals surface area contributed by atoms with E-state index in [1.807, 2.05) is 12.1 Å². The summed E-state index contributed by atoms with van der Waals surface area (Å²) in [4.78, 5) is 6.97. The standard InChI is InChI=1S/C18H20N4O/c1-3-11-5-7-15(23-11)16-12(9-19)18(20)21-13-8-10-4-6-14(17(13)16)22(10)2/h5,7,10,14H,3-4,6,8H2,1-2H3,(H2,20,21). The van der Waals surface area contributed by atoms with E-state index in [-0.39, 0.29) is 0 Å². The lowest BCUT2D eigenvalue weighted by atomic mass is 9.89. The van der Waals surface area contributed by atoms with Crippen LogP contribution in [0.25, 0.3) is 11.3 Å². The maximum Gasteiger partial charge on any atom is 0.142 e. The monoisotopic (exact) mass is 308 g/mol. The molecule has 0 saturated carbocycles. The summed E-state index contributed by atoms with van der Waals surface area (Å²) in [5.74, 6) is 1.98. The van der Waals surface area contributed by atoms with Crippen molar-refractivity contribution < 1.29 is 4.42 Å². The van der Waals surface area contributed by atoms with Crippen LogP contribution in [0, 0.1) is 11.3 Å². The van der Waals surface area contributed by atoms with Crippen LogP contribution in [0.15, 0.2) is 16.5 Å². The Morgan fingerprint density at radius 1 is 1.43 bits per heavy atom. The summed E-state index contributed by atoms with van der Waals surface area (Å²) in [7, 11) is 2.16. The number of aryl methyl sites for hydroxylation is 1. The first-order valence-corrected chi connectivity index (χ1v) is 8.17. The lowest BCUT2D eigenvalue weighted by Crippen LogP contribution is -2.35. The van der Waals surface area contributed by atoms with Crippen molar-refractivity contribution in [2.75, 3.05) is 12.8 Å². The van der Waals surface area contributed by atoms with Crippen LogP contribution in [0.2, 0.25) is 0 Å². The number of pyridine rings is 1. The fourth-order valence-corrected chi connectivity index (χ4v) is 4.08. The molecule has 0 aromatic carbocycles. The van der Waals surface area contributed by atoms with E-state index >= 15 is 0 Å². The van der Waals surface area contributed by atoms with E-state index < -0.39 is 0 Å². The molecule has 2 aromatic heterocycles. The molecule has 5 nitrogen and oxygen atoms in total. The molecule has 2 aliphatic heterocycles.